The summed E-state index contributed by atoms with van der Waals surface area (Å²) in [5, 5.41) is 8.57. The average Bonchev–Trinajstić information content (AvgIpc) is 2.64. The Labute approximate surface area is 141 Å². The van der Waals surface area contributed by atoms with Gasteiger partial charge in [-0.15, -0.1) is 0 Å². The maximum atomic E-state index is 6.32. The first-order valence-corrected chi connectivity index (χ1v) is 8.31. The highest BCUT2D eigenvalue weighted by molar-refractivity contribution is 9.11. The van der Waals surface area contributed by atoms with Crippen LogP contribution in [0.1, 0.15) is 23.9 Å². The molecule has 3 nitrogen and oxygen atoms in total. The summed E-state index contributed by atoms with van der Waals surface area (Å²) in [5.41, 5.74) is 4.09. The Morgan fingerprint density at radius 1 is 1.25 bits per heavy atom. The fourth-order valence-electron chi connectivity index (χ4n) is 2.08. The zero-order chi connectivity index (χ0) is 14.9. The number of benzene rings is 1. The Kier molecular flexibility index (Phi) is 5.15. The van der Waals surface area contributed by atoms with Crippen molar-refractivity contribution in [2.75, 3.05) is 5.32 Å². The van der Waals surface area contributed by atoms with Crippen LogP contribution < -0.4 is 5.32 Å². The second-order valence-electron chi connectivity index (χ2n) is 4.62. The fourth-order valence-corrected chi connectivity index (χ4v) is 3.98. The van der Waals surface area contributed by atoms with Crippen LogP contribution in [0.4, 0.5) is 5.69 Å². The number of aryl methyl sites for hydroxylation is 3. The van der Waals surface area contributed by atoms with Gasteiger partial charge >= 0.3 is 0 Å². The lowest BCUT2D eigenvalue weighted by Crippen LogP contribution is -2.09. The molecule has 0 bridgehead atoms. The summed E-state index contributed by atoms with van der Waals surface area (Å²) in [7, 11) is 0. The van der Waals surface area contributed by atoms with Crippen molar-refractivity contribution in [1.82, 2.24) is 9.78 Å². The molecule has 6 heteroatoms. The van der Waals surface area contributed by atoms with Crippen molar-refractivity contribution in [3.05, 3.63) is 43.1 Å². The van der Waals surface area contributed by atoms with Gasteiger partial charge < -0.3 is 5.32 Å². The molecule has 1 N–H and O–H groups in total. The average molecular weight is 422 g/mol. The molecule has 0 fully saturated rings. The molecular weight excluding hydrogens is 405 g/mol. The quantitative estimate of drug-likeness (QED) is 0.725. The van der Waals surface area contributed by atoms with Crippen molar-refractivity contribution < 1.29 is 0 Å². The van der Waals surface area contributed by atoms with E-state index in [1.165, 1.54) is 5.56 Å². The molecule has 0 amide bonds. The van der Waals surface area contributed by atoms with Crippen molar-refractivity contribution in [2.24, 2.45) is 0 Å². The lowest BCUT2D eigenvalue weighted by molar-refractivity contribution is 0.623. The molecule has 0 aliphatic carbocycles. The first-order valence-electron chi connectivity index (χ1n) is 6.35. The number of anilines is 1. The number of halogens is 3. The number of nitrogens with zero attached hydrogens (tertiary/aromatic N) is 2. The van der Waals surface area contributed by atoms with E-state index in [0.29, 0.717) is 6.54 Å². The molecule has 2 rings (SSSR count). The molecule has 0 aliphatic heterocycles. The highest BCUT2D eigenvalue weighted by atomic mass is 79.9. The van der Waals surface area contributed by atoms with E-state index >= 15 is 0 Å². The molecular formula is C14H16Br2ClN3. The van der Waals surface area contributed by atoms with Gasteiger partial charge in [0.15, 0.2) is 0 Å². The molecule has 1 aromatic heterocycles. The van der Waals surface area contributed by atoms with E-state index in [-0.39, 0.29) is 0 Å². The maximum Gasteiger partial charge on any atom is 0.0865 e. The van der Waals surface area contributed by atoms with Crippen molar-refractivity contribution in [3.63, 3.8) is 0 Å². The lowest BCUT2D eigenvalue weighted by Gasteiger charge is -2.13. The summed E-state index contributed by atoms with van der Waals surface area (Å²) in [6, 6.07) is 4.16. The third-order valence-corrected chi connectivity index (χ3v) is 4.81. The van der Waals surface area contributed by atoms with Crippen LogP contribution in [0.5, 0.6) is 0 Å². The normalized spacial score (nSPS) is 10.9. The van der Waals surface area contributed by atoms with Crippen LogP contribution in [0.25, 0.3) is 0 Å². The number of nitrogens with one attached hydrogen (secondary N) is 1. The van der Waals surface area contributed by atoms with E-state index in [1.807, 2.05) is 11.6 Å². The molecule has 0 saturated heterocycles. The molecule has 0 atom stereocenters. The van der Waals surface area contributed by atoms with E-state index in [4.69, 9.17) is 11.6 Å². The zero-order valence-corrected chi connectivity index (χ0v) is 15.5. The summed E-state index contributed by atoms with van der Waals surface area (Å²) >= 11 is 13.5. The third-order valence-electron chi connectivity index (χ3n) is 3.07. The predicted octanol–water partition coefficient (Wildman–Crippen LogP) is 5.31. The smallest absolute Gasteiger partial charge is 0.0865 e. The van der Waals surface area contributed by atoms with Crippen LogP contribution >= 0.6 is 43.5 Å². The van der Waals surface area contributed by atoms with Crippen molar-refractivity contribution in [2.45, 2.75) is 33.9 Å². The highest BCUT2D eigenvalue weighted by Crippen LogP contribution is 2.33. The van der Waals surface area contributed by atoms with E-state index < -0.39 is 0 Å². The SMILES string of the molecule is CCn1nc(C)c(Cl)c1CNc1c(Br)cc(C)cc1Br. The van der Waals surface area contributed by atoms with Crippen molar-refractivity contribution >= 4 is 49.1 Å². The van der Waals surface area contributed by atoms with Crippen LogP contribution in [0.3, 0.4) is 0 Å². The molecule has 0 aliphatic rings. The Morgan fingerprint density at radius 2 is 1.85 bits per heavy atom. The molecule has 0 spiro atoms. The van der Waals surface area contributed by atoms with E-state index in [9.17, 15) is 0 Å². The summed E-state index contributed by atoms with van der Waals surface area (Å²) in [5.74, 6) is 0. The summed E-state index contributed by atoms with van der Waals surface area (Å²) < 4.78 is 3.99. The van der Waals surface area contributed by atoms with Gasteiger partial charge in [-0.2, -0.15) is 5.10 Å². The summed E-state index contributed by atoms with van der Waals surface area (Å²) in [6.07, 6.45) is 0. The largest absolute Gasteiger partial charge is 0.378 e. The van der Waals surface area contributed by atoms with Gasteiger partial charge in [-0.25, -0.2) is 0 Å². The van der Waals surface area contributed by atoms with Gasteiger partial charge in [-0.3, -0.25) is 4.68 Å². The number of hydrogen-bond acceptors (Lipinski definition) is 2. The number of aromatic nitrogens is 2. The monoisotopic (exact) mass is 419 g/mol. The molecule has 0 unspecified atom stereocenters. The minimum atomic E-state index is 0.633. The first-order chi connectivity index (χ1) is 9.43. The van der Waals surface area contributed by atoms with Gasteiger partial charge in [0.25, 0.3) is 0 Å². The van der Waals surface area contributed by atoms with E-state index in [1.54, 1.807) is 0 Å². The van der Waals surface area contributed by atoms with Gasteiger partial charge in [0.2, 0.25) is 0 Å². The standard InChI is InChI=1S/C14H16Br2ClN3/c1-4-20-12(13(17)9(3)19-20)7-18-14-10(15)5-8(2)6-11(14)16/h5-6,18H,4,7H2,1-3H3. The van der Waals surface area contributed by atoms with Crippen LogP contribution in [0.2, 0.25) is 5.02 Å². The molecule has 0 saturated carbocycles. The second-order valence-corrected chi connectivity index (χ2v) is 6.71. The lowest BCUT2D eigenvalue weighted by atomic mass is 10.2. The minimum absolute atomic E-state index is 0.633. The van der Waals surface area contributed by atoms with Crippen LogP contribution in [0.15, 0.2) is 21.1 Å². The minimum Gasteiger partial charge on any atom is -0.378 e. The molecule has 1 aromatic carbocycles. The Morgan fingerprint density at radius 3 is 2.40 bits per heavy atom. The summed E-state index contributed by atoms with van der Waals surface area (Å²) in [4.78, 5) is 0. The van der Waals surface area contributed by atoms with Gasteiger partial charge in [0, 0.05) is 15.5 Å². The maximum absolute atomic E-state index is 6.32. The highest BCUT2D eigenvalue weighted by Gasteiger charge is 2.13. The van der Waals surface area contributed by atoms with Crippen molar-refractivity contribution in [3.8, 4) is 0 Å². The van der Waals surface area contributed by atoms with Gasteiger partial charge in [0.05, 0.1) is 28.6 Å². The topological polar surface area (TPSA) is 29.9 Å². The molecule has 108 valence electrons. The first kappa shape index (κ1) is 15.9. The Balaban J connectivity index is 2.26. The van der Waals surface area contributed by atoms with Gasteiger partial charge in [-0.1, -0.05) is 11.6 Å². The summed E-state index contributed by atoms with van der Waals surface area (Å²) in [6.45, 7) is 7.49. The Bertz CT molecular complexity index is 615. The van der Waals surface area contributed by atoms with E-state index in [2.05, 4.69) is 68.3 Å². The fraction of sp³-hybridized carbons (Fsp3) is 0.357. The number of rotatable bonds is 4. The van der Waals surface area contributed by atoms with Gasteiger partial charge in [0.1, 0.15) is 0 Å². The molecule has 20 heavy (non-hydrogen) atoms. The predicted molar refractivity (Wildman–Crippen MR) is 91.6 cm³/mol. The molecule has 0 radical (unpaired) electrons. The Hall–Kier alpha value is -0.520. The third kappa shape index (κ3) is 3.21. The molecule has 1 heterocycles. The number of hydrogen-bond donors (Lipinski definition) is 1. The van der Waals surface area contributed by atoms with Crippen molar-refractivity contribution in [1.29, 1.82) is 0 Å². The van der Waals surface area contributed by atoms with Gasteiger partial charge in [-0.05, 0) is 70.3 Å². The second kappa shape index (κ2) is 6.50. The van der Waals surface area contributed by atoms with Crippen LogP contribution in [0, 0.1) is 13.8 Å². The van der Waals surface area contributed by atoms with E-state index in [0.717, 1.165) is 37.6 Å². The van der Waals surface area contributed by atoms with Crippen LogP contribution in [-0.4, -0.2) is 9.78 Å². The van der Waals surface area contributed by atoms with Crippen LogP contribution in [-0.2, 0) is 13.1 Å². The zero-order valence-electron chi connectivity index (χ0n) is 11.6. The molecule has 2 aromatic rings.